The molecule has 0 aliphatic heterocycles. The van der Waals surface area contributed by atoms with E-state index in [-0.39, 0.29) is 0 Å². The van der Waals surface area contributed by atoms with Crippen molar-refractivity contribution in [2.24, 2.45) is 0 Å². The van der Waals surface area contributed by atoms with Gasteiger partial charge in [-0.2, -0.15) is 0 Å². The van der Waals surface area contributed by atoms with Crippen molar-refractivity contribution in [1.29, 1.82) is 0 Å². The van der Waals surface area contributed by atoms with Gasteiger partial charge in [-0.3, -0.25) is 0 Å². The number of methoxy groups -OCH3 is 1. The third-order valence-electron chi connectivity index (χ3n) is 1.45. The highest BCUT2D eigenvalue weighted by molar-refractivity contribution is 5.38. The molecule has 0 aromatic carbocycles. The molecule has 0 saturated heterocycles. The average Bonchev–Trinajstić information content (AvgIpc) is 2.19. The van der Waals surface area contributed by atoms with Crippen LogP contribution in [0, 0.1) is 12.3 Å². The minimum atomic E-state index is 0.483. The van der Waals surface area contributed by atoms with E-state index in [1.807, 2.05) is 0 Å². The maximum atomic E-state index is 5.34. The van der Waals surface area contributed by atoms with Crippen LogP contribution < -0.4 is 4.74 Å². The number of rotatable bonds is 4. The van der Waals surface area contributed by atoms with Crippen molar-refractivity contribution in [1.82, 2.24) is 4.98 Å². The van der Waals surface area contributed by atoms with Gasteiger partial charge in [0.1, 0.15) is 6.61 Å². The molecule has 0 aliphatic carbocycles. The second kappa shape index (κ2) is 5.18. The summed E-state index contributed by atoms with van der Waals surface area (Å²) in [5, 5.41) is 0. The molecule has 3 nitrogen and oxygen atoms in total. The Kier molecular flexibility index (Phi) is 3.80. The Morgan fingerprint density at radius 2 is 2.38 bits per heavy atom. The van der Waals surface area contributed by atoms with Crippen molar-refractivity contribution in [2.45, 2.75) is 0 Å². The van der Waals surface area contributed by atoms with E-state index in [9.17, 15) is 0 Å². The molecule has 1 aromatic heterocycles. The van der Waals surface area contributed by atoms with E-state index in [1.54, 1.807) is 25.4 Å². The van der Waals surface area contributed by atoms with Crippen LogP contribution in [-0.2, 0) is 4.74 Å². The molecule has 13 heavy (non-hydrogen) atoms. The Hall–Kier alpha value is -1.53. The monoisotopic (exact) mass is 177 g/mol. The predicted octanol–water partition coefficient (Wildman–Crippen LogP) is 1.09. The molecular formula is C10H11NO2. The van der Waals surface area contributed by atoms with Gasteiger partial charge in [0.2, 0.25) is 0 Å². The fourth-order valence-electron chi connectivity index (χ4n) is 0.850. The van der Waals surface area contributed by atoms with Gasteiger partial charge < -0.3 is 9.47 Å². The summed E-state index contributed by atoms with van der Waals surface area (Å²) < 4.78 is 10.2. The Morgan fingerprint density at radius 3 is 3.08 bits per heavy atom. The SMILES string of the molecule is C#Cc1ncccc1OCCOC. The first kappa shape index (κ1) is 9.56. The summed E-state index contributed by atoms with van der Waals surface area (Å²) in [4.78, 5) is 3.97. The number of terminal acetylenes is 1. The number of nitrogens with zero attached hydrogens (tertiary/aromatic N) is 1. The van der Waals surface area contributed by atoms with Crippen LogP contribution in [0.4, 0.5) is 0 Å². The lowest BCUT2D eigenvalue weighted by Crippen LogP contribution is -2.05. The molecule has 1 rings (SSSR count). The van der Waals surface area contributed by atoms with Crippen LogP contribution in [0.15, 0.2) is 18.3 Å². The maximum Gasteiger partial charge on any atom is 0.154 e. The molecule has 3 heteroatoms. The molecule has 1 aromatic rings. The van der Waals surface area contributed by atoms with Crippen molar-refractivity contribution >= 4 is 0 Å². The van der Waals surface area contributed by atoms with Gasteiger partial charge in [0, 0.05) is 13.3 Å². The first-order valence-corrected chi connectivity index (χ1v) is 3.92. The minimum Gasteiger partial charge on any atom is -0.488 e. The highest BCUT2D eigenvalue weighted by atomic mass is 16.5. The molecule has 1 heterocycles. The van der Waals surface area contributed by atoms with E-state index >= 15 is 0 Å². The summed E-state index contributed by atoms with van der Waals surface area (Å²) in [7, 11) is 1.62. The number of pyridine rings is 1. The first-order chi connectivity index (χ1) is 6.38. The van der Waals surface area contributed by atoms with Gasteiger partial charge in [-0.05, 0) is 18.1 Å². The van der Waals surface area contributed by atoms with Crippen molar-refractivity contribution in [3.05, 3.63) is 24.0 Å². The third kappa shape index (κ3) is 2.77. The fourth-order valence-corrected chi connectivity index (χ4v) is 0.850. The van der Waals surface area contributed by atoms with Crippen molar-refractivity contribution in [3.63, 3.8) is 0 Å². The van der Waals surface area contributed by atoms with E-state index < -0.39 is 0 Å². The molecule has 0 bridgehead atoms. The van der Waals surface area contributed by atoms with Crippen molar-refractivity contribution in [2.75, 3.05) is 20.3 Å². The lowest BCUT2D eigenvalue weighted by atomic mass is 10.3. The second-order valence-electron chi connectivity index (χ2n) is 2.34. The van der Waals surface area contributed by atoms with Gasteiger partial charge in [0.15, 0.2) is 11.4 Å². The molecule has 0 unspecified atom stereocenters. The maximum absolute atomic E-state index is 5.34. The van der Waals surface area contributed by atoms with E-state index in [0.717, 1.165) is 0 Å². The second-order valence-corrected chi connectivity index (χ2v) is 2.34. The number of hydrogen-bond donors (Lipinski definition) is 0. The Bertz CT molecular complexity index is 304. The smallest absolute Gasteiger partial charge is 0.154 e. The lowest BCUT2D eigenvalue weighted by Gasteiger charge is -2.05. The molecule has 0 amide bonds. The molecule has 0 saturated carbocycles. The molecular weight excluding hydrogens is 166 g/mol. The summed E-state index contributed by atoms with van der Waals surface area (Å²) in [6.45, 7) is 1.02. The molecule has 0 aliphatic rings. The fraction of sp³-hybridized carbons (Fsp3) is 0.300. The van der Waals surface area contributed by atoms with Crippen LogP contribution in [-0.4, -0.2) is 25.3 Å². The van der Waals surface area contributed by atoms with Crippen LogP contribution in [0.3, 0.4) is 0 Å². The zero-order valence-corrected chi connectivity index (χ0v) is 7.49. The summed E-state index contributed by atoms with van der Waals surface area (Å²) in [6, 6.07) is 3.57. The van der Waals surface area contributed by atoms with Crippen LogP contribution in [0.5, 0.6) is 5.75 Å². The molecule has 0 radical (unpaired) electrons. The highest BCUT2D eigenvalue weighted by Gasteiger charge is 1.99. The Labute approximate surface area is 77.7 Å². The zero-order valence-electron chi connectivity index (χ0n) is 7.49. The normalized spacial score (nSPS) is 9.23. The lowest BCUT2D eigenvalue weighted by molar-refractivity contribution is 0.146. The van der Waals surface area contributed by atoms with E-state index in [4.69, 9.17) is 15.9 Å². The number of aromatic nitrogens is 1. The van der Waals surface area contributed by atoms with Gasteiger partial charge in [0.25, 0.3) is 0 Å². The van der Waals surface area contributed by atoms with Gasteiger partial charge >= 0.3 is 0 Å². The van der Waals surface area contributed by atoms with Crippen molar-refractivity contribution < 1.29 is 9.47 Å². The quantitative estimate of drug-likeness (QED) is 0.509. The topological polar surface area (TPSA) is 31.4 Å². The van der Waals surface area contributed by atoms with Crippen molar-refractivity contribution in [3.8, 4) is 18.1 Å². The van der Waals surface area contributed by atoms with Gasteiger partial charge in [-0.1, -0.05) is 0 Å². The van der Waals surface area contributed by atoms with Crippen LogP contribution in [0.25, 0.3) is 0 Å². The number of ether oxygens (including phenoxy) is 2. The van der Waals surface area contributed by atoms with Crippen LogP contribution in [0.1, 0.15) is 5.69 Å². The average molecular weight is 177 g/mol. The van der Waals surface area contributed by atoms with Gasteiger partial charge in [-0.15, -0.1) is 6.42 Å². The summed E-state index contributed by atoms with van der Waals surface area (Å²) in [5.74, 6) is 3.07. The first-order valence-electron chi connectivity index (χ1n) is 3.92. The highest BCUT2D eigenvalue weighted by Crippen LogP contribution is 2.13. The third-order valence-corrected chi connectivity index (χ3v) is 1.45. The van der Waals surface area contributed by atoms with Crippen LogP contribution in [0.2, 0.25) is 0 Å². The van der Waals surface area contributed by atoms with Crippen LogP contribution >= 0.6 is 0 Å². The minimum absolute atomic E-state index is 0.483. The van der Waals surface area contributed by atoms with Gasteiger partial charge in [0.05, 0.1) is 6.61 Å². The molecule has 0 spiro atoms. The largest absolute Gasteiger partial charge is 0.488 e. The van der Waals surface area contributed by atoms with E-state index in [0.29, 0.717) is 24.7 Å². The molecule has 0 atom stereocenters. The molecule has 0 fully saturated rings. The Morgan fingerprint density at radius 1 is 1.54 bits per heavy atom. The Balaban J connectivity index is 2.60. The standard InChI is InChI=1S/C10H11NO2/c1-3-9-10(5-4-6-11-9)13-8-7-12-2/h1,4-6H,7-8H2,2H3. The summed E-state index contributed by atoms with van der Waals surface area (Å²) in [5.41, 5.74) is 0.526. The predicted molar refractivity (Wildman–Crippen MR) is 49.5 cm³/mol. The van der Waals surface area contributed by atoms with E-state index in [2.05, 4.69) is 10.9 Å². The summed E-state index contributed by atoms with van der Waals surface area (Å²) in [6.07, 6.45) is 6.87. The number of hydrogen-bond acceptors (Lipinski definition) is 3. The van der Waals surface area contributed by atoms with E-state index in [1.165, 1.54) is 0 Å². The van der Waals surface area contributed by atoms with Gasteiger partial charge in [-0.25, -0.2) is 4.98 Å². The zero-order chi connectivity index (χ0) is 9.52. The molecule has 0 N–H and O–H groups in total. The summed E-state index contributed by atoms with van der Waals surface area (Å²) >= 11 is 0. The molecule has 68 valence electrons.